The van der Waals surface area contributed by atoms with Crippen molar-refractivity contribution in [2.24, 2.45) is 0 Å². The molecule has 5 heteroatoms. The van der Waals surface area contributed by atoms with E-state index < -0.39 is 0 Å². The maximum atomic E-state index is 5.97. The number of nitrogens with two attached hydrogens (primary N) is 1. The Labute approximate surface area is 122 Å². The second-order valence-corrected chi connectivity index (χ2v) is 6.93. The summed E-state index contributed by atoms with van der Waals surface area (Å²) in [5.41, 5.74) is 5.89. The van der Waals surface area contributed by atoms with Gasteiger partial charge in [-0.15, -0.1) is 0 Å². The van der Waals surface area contributed by atoms with Crippen LogP contribution >= 0.6 is 0 Å². The van der Waals surface area contributed by atoms with Crippen LogP contribution in [0.1, 0.15) is 39.4 Å². The number of nitrogen functional groups attached to an aromatic ring is 1. The molecule has 1 aliphatic heterocycles. The van der Waals surface area contributed by atoms with Crippen molar-refractivity contribution in [3.8, 4) is 0 Å². The van der Waals surface area contributed by atoms with Crippen LogP contribution < -0.4 is 10.6 Å². The summed E-state index contributed by atoms with van der Waals surface area (Å²) >= 11 is 0. The summed E-state index contributed by atoms with van der Waals surface area (Å²) in [7, 11) is 4.28. The van der Waals surface area contributed by atoms with Gasteiger partial charge in [-0.3, -0.25) is 0 Å². The second kappa shape index (κ2) is 5.56. The highest BCUT2D eigenvalue weighted by Crippen LogP contribution is 2.25. The molecule has 112 valence electrons. The van der Waals surface area contributed by atoms with Crippen LogP contribution in [0.25, 0.3) is 0 Å². The zero-order valence-electron chi connectivity index (χ0n) is 13.3. The van der Waals surface area contributed by atoms with Gasteiger partial charge < -0.3 is 15.5 Å². The average molecular weight is 277 g/mol. The third-order valence-electron chi connectivity index (χ3n) is 3.85. The number of rotatable bonds is 2. The van der Waals surface area contributed by atoms with Gasteiger partial charge in [0.1, 0.15) is 17.5 Å². The van der Waals surface area contributed by atoms with Gasteiger partial charge in [-0.1, -0.05) is 20.8 Å². The first-order valence-corrected chi connectivity index (χ1v) is 7.34. The molecule has 0 radical (unpaired) electrons. The Morgan fingerprint density at radius 2 is 2.00 bits per heavy atom. The summed E-state index contributed by atoms with van der Waals surface area (Å²) < 4.78 is 0. The summed E-state index contributed by atoms with van der Waals surface area (Å²) in [6, 6.07) is 2.48. The molecule has 1 atom stereocenters. The Kier molecular flexibility index (Phi) is 4.18. The number of hydrogen-bond acceptors (Lipinski definition) is 5. The minimum atomic E-state index is -0.0825. The van der Waals surface area contributed by atoms with Gasteiger partial charge >= 0.3 is 0 Å². The Bertz CT molecular complexity index is 464. The van der Waals surface area contributed by atoms with E-state index in [4.69, 9.17) is 10.7 Å². The van der Waals surface area contributed by atoms with Gasteiger partial charge in [0, 0.05) is 30.6 Å². The van der Waals surface area contributed by atoms with Crippen molar-refractivity contribution in [1.29, 1.82) is 0 Å². The van der Waals surface area contributed by atoms with Crippen LogP contribution in [-0.2, 0) is 5.41 Å². The predicted octanol–water partition coefficient (Wildman–Crippen LogP) is 1.89. The van der Waals surface area contributed by atoms with Crippen LogP contribution in [0.2, 0.25) is 0 Å². The molecule has 2 N–H and O–H groups in total. The molecule has 0 aromatic carbocycles. The summed E-state index contributed by atoms with van der Waals surface area (Å²) in [6.07, 6.45) is 2.44. The largest absolute Gasteiger partial charge is 0.384 e. The first-order valence-electron chi connectivity index (χ1n) is 7.34. The zero-order valence-corrected chi connectivity index (χ0v) is 13.3. The molecule has 2 rings (SSSR count). The fourth-order valence-electron chi connectivity index (χ4n) is 2.53. The minimum absolute atomic E-state index is 0.0825. The maximum absolute atomic E-state index is 5.97. The molecule has 1 saturated heterocycles. The molecule has 2 heterocycles. The highest BCUT2D eigenvalue weighted by atomic mass is 15.2. The van der Waals surface area contributed by atoms with Gasteiger partial charge in [-0.05, 0) is 26.9 Å². The Hall–Kier alpha value is -1.36. The van der Waals surface area contributed by atoms with E-state index in [0.717, 1.165) is 24.7 Å². The Balaban J connectivity index is 2.26. The fourth-order valence-corrected chi connectivity index (χ4v) is 2.53. The van der Waals surface area contributed by atoms with Crippen LogP contribution in [0.3, 0.4) is 0 Å². The van der Waals surface area contributed by atoms with Crippen molar-refractivity contribution in [2.45, 2.75) is 45.1 Å². The highest BCUT2D eigenvalue weighted by molar-refractivity contribution is 5.48. The molecule has 20 heavy (non-hydrogen) atoms. The molecule has 0 saturated carbocycles. The molecule has 5 nitrogen and oxygen atoms in total. The van der Waals surface area contributed by atoms with E-state index in [0.29, 0.717) is 11.9 Å². The van der Waals surface area contributed by atoms with Crippen molar-refractivity contribution in [3.63, 3.8) is 0 Å². The lowest BCUT2D eigenvalue weighted by atomic mass is 9.95. The molecule has 0 spiro atoms. The summed E-state index contributed by atoms with van der Waals surface area (Å²) in [5.74, 6) is 2.35. The Morgan fingerprint density at radius 1 is 1.30 bits per heavy atom. The van der Waals surface area contributed by atoms with Crippen LogP contribution in [-0.4, -0.2) is 48.1 Å². The van der Waals surface area contributed by atoms with Crippen molar-refractivity contribution >= 4 is 11.6 Å². The van der Waals surface area contributed by atoms with Crippen molar-refractivity contribution in [3.05, 3.63) is 11.9 Å². The third-order valence-corrected chi connectivity index (χ3v) is 3.85. The normalized spacial score (nSPS) is 20.5. The molecule has 1 aromatic rings. The molecule has 1 aliphatic rings. The van der Waals surface area contributed by atoms with Crippen LogP contribution in [0.5, 0.6) is 0 Å². The number of anilines is 2. The molecule has 1 unspecified atom stereocenters. The van der Waals surface area contributed by atoms with E-state index in [1.54, 1.807) is 0 Å². The fraction of sp³-hybridized carbons (Fsp3) is 0.733. The second-order valence-electron chi connectivity index (χ2n) is 6.93. The number of hydrogen-bond donors (Lipinski definition) is 1. The molecule has 0 bridgehead atoms. The molecule has 1 aromatic heterocycles. The Morgan fingerprint density at radius 3 is 2.60 bits per heavy atom. The maximum Gasteiger partial charge on any atom is 0.138 e. The van der Waals surface area contributed by atoms with Gasteiger partial charge in [0.05, 0.1) is 0 Å². The van der Waals surface area contributed by atoms with Crippen LogP contribution in [0.15, 0.2) is 6.07 Å². The van der Waals surface area contributed by atoms with E-state index in [-0.39, 0.29) is 5.41 Å². The summed E-state index contributed by atoms with van der Waals surface area (Å²) in [4.78, 5) is 13.8. The van der Waals surface area contributed by atoms with Gasteiger partial charge in [-0.25, -0.2) is 9.97 Å². The highest BCUT2D eigenvalue weighted by Gasteiger charge is 2.25. The quantitative estimate of drug-likeness (QED) is 0.894. The van der Waals surface area contributed by atoms with Crippen LogP contribution in [0.4, 0.5) is 11.6 Å². The number of likely N-dealkylation sites (N-methyl/N-ethyl adjacent to an activating group) is 1. The van der Waals surface area contributed by atoms with Crippen molar-refractivity contribution in [2.75, 3.05) is 37.8 Å². The zero-order chi connectivity index (χ0) is 14.9. The number of aromatic nitrogens is 2. The molecule has 1 fully saturated rings. The monoisotopic (exact) mass is 277 g/mol. The van der Waals surface area contributed by atoms with Gasteiger partial charge in [0.15, 0.2) is 0 Å². The lowest BCUT2D eigenvalue weighted by molar-refractivity contribution is 0.257. The molecule has 0 amide bonds. The van der Waals surface area contributed by atoms with E-state index in [1.165, 1.54) is 12.8 Å². The molecular formula is C15H27N5. The number of piperidine rings is 1. The first-order chi connectivity index (χ1) is 9.27. The SMILES string of the molecule is CN(C)C1CCCN(c2cc(N)nc(C(C)(C)C)n2)C1. The van der Waals surface area contributed by atoms with Crippen molar-refractivity contribution < 1.29 is 0 Å². The van der Waals surface area contributed by atoms with Gasteiger partial charge in [0.25, 0.3) is 0 Å². The summed E-state index contributed by atoms with van der Waals surface area (Å²) in [6.45, 7) is 8.40. The topological polar surface area (TPSA) is 58.3 Å². The van der Waals surface area contributed by atoms with E-state index in [9.17, 15) is 0 Å². The van der Waals surface area contributed by atoms with Crippen LogP contribution in [0, 0.1) is 0 Å². The molecular weight excluding hydrogens is 250 g/mol. The van der Waals surface area contributed by atoms with E-state index >= 15 is 0 Å². The lowest BCUT2D eigenvalue weighted by Crippen LogP contribution is -2.45. The van der Waals surface area contributed by atoms with Gasteiger partial charge in [-0.2, -0.15) is 0 Å². The van der Waals surface area contributed by atoms with Crippen molar-refractivity contribution in [1.82, 2.24) is 14.9 Å². The molecule has 0 aliphatic carbocycles. The smallest absolute Gasteiger partial charge is 0.138 e. The standard InChI is InChI=1S/C15H27N5/c1-15(2,3)14-17-12(16)9-13(18-14)20-8-6-7-11(10-20)19(4)5/h9,11H,6-8,10H2,1-5H3,(H2,16,17,18). The minimum Gasteiger partial charge on any atom is -0.384 e. The number of nitrogens with zero attached hydrogens (tertiary/aromatic N) is 4. The van der Waals surface area contributed by atoms with E-state index in [1.807, 2.05) is 6.07 Å². The van der Waals surface area contributed by atoms with Gasteiger partial charge in [0.2, 0.25) is 0 Å². The summed E-state index contributed by atoms with van der Waals surface area (Å²) in [5, 5.41) is 0. The predicted molar refractivity (Wildman–Crippen MR) is 84.1 cm³/mol. The first kappa shape index (κ1) is 15.0. The lowest BCUT2D eigenvalue weighted by Gasteiger charge is -2.37. The third kappa shape index (κ3) is 3.39. The average Bonchev–Trinajstić information content (AvgIpc) is 2.37. The van der Waals surface area contributed by atoms with E-state index in [2.05, 4.69) is 49.7 Å².